The van der Waals surface area contributed by atoms with Gasteiger partial charge in [-0.15, -0.1) is 11.6 Å². The molecule has 0 amide bonds. The number of alkyl halides is 4. The summed E-state index contributed by atoms with van der Waals surface area (Å²) in [5, 5.41) is 2.66. The average Bonchev–Trinajstić information content (AvgIpc) is 2.25. The molecular formula is C12H15Cl2F3N2. The van der Waals surface area contributed by atoms with Gasteiger partial charge in [0.15, 0.2) is 0 Å². The van der Waals surface area contributed by atoms with Crippen molar-refractivity contribution in [3.8, 4) is 0 Å². The smallest absolute Gasteiger partial charge is 0.367 e. The third-order valence-corrected chi connectivity index (χ3v) is 3.01. The number of pyridine rings is 1. The van der Waals surface area contributed by atoms with Crippen LogP contribution in [0, 0.1) is 5.92 Å². The molecular weight excluding hydrogens is 300 g/mol. The molecule has 0 bridgehead atoms. The zero-order chi connectivity index (χ0) is 14.6. The monoisotopic (exact) mass is 314 g/mol. The highest BCUT2D eigenvalue weighted by molar-refractivity contribution is 6.33. The molecule has 0 spiro atoms. The minimum absolute atomic E-state index is 0.0664. The third kappa shape index (κ3) is 5.45. The zero-order valence-electron chi connectivity index (χ0n) is 10.6. The Labute approximate surface area is 120 Å². The molecule has 0 radical (unpaired) electrons. The van der Waals surface area contributed by atoms with Crippen LogP contribution in [0.4, 0.5) is 19.0 Å². The van der Waals surface area contributed by atoms with Crippen LogP contribution >= 0.6 is 23.2 Å². The Morgan fingerprint density at radius 1 is 1.37 bits per heavy atom. The SMILES string of the molecule is CC(C)CC(Cl)CNc1ncc(C(F)(F)F)cc1Cl. The second-order valence-electron chi connectivity index (χ2n) is 4.66. The predicted molar refractivity (Wildman–Crippen MR) is 71.8 cm³/mol. The van der Waals surface area contributed by atoms with Gasteiger partial charge in [-0.1, -0.05) is 25.4 Å². The lowest BCUT2D eigenvalue weighted by molar-refractivity contribution is -0.137. The summed E-state index contributed by atoms with van der Waals surface area (Å²) in [6, 6.07) is 0.850. The van der Waals surface area contributed by atoms with E-state index < -0.39 is 11.7 Å². The van der Waals surface area contributed by atoms with Crippen molar-refractivity contribution in [2.24, 2.45) is 5.92 Å². The zero-order valence-corrected chi connectivity index (χ0v) is 12.1. The summed E-state index contributed by atoms with van der Waals surface area (Å²) in [4.78, 5) is 3.67. The molecule has 1 N–H and O–H groups in total. The van der Waals surface area contributed by atoms with E-state index >= 15 is 0 Å². The van der Waals surface area contributed by atoms with E-state index in [1.165, 1.54) is 0 Å². The molecule has 0 aliphatic rings. The highest BCUT2D eigenvalue weighted by Crippen LogP contribution is 2.32. The van der Waals surface area contributed by atoms with Crippen LogP contribution in [0.1, 0.15) is 25.8 Å². The molecule has 2 nitrogen and oxygen atoms in total. The second-order valence-corrected chi connectivity index (χ2v) is 5.68. The molecule has 7 heteroatoms. The van der Waals surface area contributed by atoms with Gasteiger partial charge in [-0.05, 0) is 18.4 Å². The average molecular weight is 315 g/mol. The fraction of sp³-hybridized carbons (Fsp3) is 0.583. The van der Waals surface area contributed by atoms with Crippen molar-refractivity contribution in [2.75, 3.05) is 11.9 Å². The van der Waals surface area contributed by atoms with Gasteiger partial charge in [-0.2, -0.15) is 13.2 Å². The lowest BCUT2D eigenvalue weighted by Gasteiger charge is -2.15. The quantitative estimate of drug-likeness (QED) is 0.788. The molecule has 0 aliphatic carbocycles. The Morgan fingerprint density at radius 3 is 2.47 bits per heavy atom. The van der Waals surface area contributed by atoms with Crippen LogP contribution in [-0.4, -0.2) is 16.9 Å². The Kier molecular flexibility index (Phi) is 5.74. The molecule has 0 saturated carbocycles. The number of halogens is 5. The van der Waals surface area contributed by atoms with Gasteiger partial charge >= 0.3 is 6.18 Å². The largest absolute Gasteiger partial charge is 0.417 e. The third-order valence-electron chi connectivity index (χ3n) is 2.39. The van der Waals surface area contributed by atoms with Gasteiger partial charge in [0.1, 0.15) is 5.82 Å². The molecule has 19 heavy (non-hydrogen) atoms. The van der Waals surface area contributed by atoms with Crippen molar-refractivity contribution >= 4 is 29.0 Å². The summed E-state index contributed by atoms with van der Waals surface area (Å²) in [5.41, 5.74) is -0.868. The number of hydrogen-bond donors (Lipinski definition) is 1. The Bertz CT molecular complexity index is 422. The van der Waals surface area contributed by atoms with Crippen molar-refractivity contribution in [1.29, 1.82) is 0 Å². The molecule has 1 aromatic rings. The van der Waals surface area contributed by atoms with Gasteiger partial charge in [-0.3, -0.25) is 0 Å². The maximum atomic E-state index is 12.4. The van der Waals surface area contributed by atoms with Gasteiger partial charge in [0.05, 0.1) is 16.0 Å². The maximum Gasteiger partial charge on any atom is 0.417 e. The molecule has 1 rings (SSSR count). The van der Waals surface area contributed by atoms with E-state index in [1.54, 1.807) is 0 Å². The van der Waals surface area contributed by atoms with E-state index in [9.17, 15) is 13.2 Å². The van der Waals surface area contributed by atoms with Crippen molar-refractivity contribution in [1.82, 2.24) is 4.98 Å². The second kappa shape index (κ2) is 6.66. The summed E-state index contributed by atoms with van der Waals surface area (Å²) >= 11 is 11.8. The summed E-state index contributed by atoms with van der Waals surface area (Å²) in [6.45, 7) is 4.48. The molecule has 1 atom stereocenters. The van der Waals surface area contributed by atoms with Crippen LogP contribution < -0.4 is 5.32 Å². The molecule has 1 unspecified atom stereocenters. The van der Waals surface area contributed by atoms with E-state index in [-0.39, 0.29) is 16.2 Å². The van der Waals surface area contributed by atoms with Crippen molar-refractivity contribution < 1.29 is 13.2 Å². The first-order chi connectivity index (χ1) is 8.70. The number of aromatic nitrogens is 1. The van der Waals surface area contributed by atoms with Crippen LogP contribution in [0.25, 0.3) is 0 Å². The molecule has 1 heterocycles. The van der Waals surface area contributed by atoms with Crippen molar-refractivity contribution in [2.45, 2.75) is 31.8 Å². The van der Waals surface area contributed by atoms with Gasteiger partial charge < -0.3 is 5.32 Å². The standard InChI is InChI=1S/C12H15Cl2F3N2/c1-7(2)3-9(13)6-19-11-10(14)4-8(5-18-11)12(15,16)17/h4-5,7,9H,3,6H2,1-2H3,(H,18,19). The highest BCUT2D eigenvalue weighted by Gasteiger charge is 2.31. The minimum Gasteiger partial charge on any atom is -0.367 e. The fourth-order valence-electron chi connectivity index (χ4n) is 1.53. The first kappa shape index (κ1) is 16.4. The summed E-state index contributed by atoms with van der Waals surface area (Å²) in [5.74, 6) is 0.657. The lowest BCUT2D eigenvalue weighted by Crippen LogP contribution is -2.17. The summed E-state index contributed by atoms with van der Waals surface area (Å²) < 4.78 is 37.3. The van der Waals surface area contributed by atoms with Gasteiger partial charge in [-0.25, -0.2) is 4.98 Å². The van der Waals surface area contributed by atoms with Crippen LogP contribution in [0.2, 0.25) is 5.02 Å². The van der Waals surface area contributed by atoms with Crippen LogP contribution in [0.15, 0.2) is 12.3 Å². The van der Waals surface area contributed by atoms with Crippen LogP contribution in [0.3, 0.4) is 0 Å². The van der Waals surface area contributed by atoms with Gasteiger partial charge in [0.2, 0.25) is 0 Å². The number of nitrogens with zero attached hydrogens (tertiary/aromatic N) is 1. The molecule has 0 saturated heterocycles. The van der Waals surface area contributed by atoms with Crippen LogP contribution in [-0.2, 0) is 6.18 Å². The number of nitrogens with one attached hydrogen (secondary N) is 1. The Morgan fingerprint density at radius 2 is 2.00 bits per heavy atom. The van der Waals surface area contributed by atoms with Gasteiger partial charge in [0.25, 0.3) is 0 Å². The fourth-order valence-corrected chi connectivity index (χ4v) is 2.19. The topological polar surface area (TPSA) is 24.9 Å². The number of anilines is 1. The molecule has 1 aromatic heterocycles. The molecule has 0 fully saturated rings. The van der Waals surface area contributed by atoms with Crippen molar-refractivity contribution in [3.05, 3.63) is 22.8 Å². The Hall–Kier alpha value is -0.680. The van der Waals surface area contributed by atoms with E-state index in [2.05, 4.69) is 10.3 Å². The van der Waals surface area contributed by atoms with Gasteiger partial charge in [0, 0.05) is 12.7 Å². The number of rotatable bonds is 5. The van der Waals surface area contributed by atoms with Crippen LogP contribution in [0.5, 0.6) is 0 Å². The lowest BCUT2D eigenvalue weighted by atomic mass is 10.1. The van der Waals surface area contributed by atoms with E-state index in [4.69, 9.17) is 23.2 Å². The van der Waals surface area contributed by atoms with E-state index in [0.717, 1.165) is 18.7 Å². The Balaban J connectivity index is 2.66. The van der Waals surface area contributed by atoms with E-state index in [1.807, 2.05) is 13.8 Å². The molecule has 0 aliphatic heterocycles. The van der Waals surface area contributed by atoms with E-state index in [0.29, 0.717) is 12.5 Å². The molecule has 108 valence electrons. The summed E-state index contributed by atoms with van der Waals surface area (Å²) in [7, 11) is 0. The predicted octanol–water partition coefficient (Wildman–Crippen LogP) is 4.82. The number of hydrogen-bond acceptors (Lipinski definition) is 2. The normalized spacial score (nSPS) is 13.7. The first-order valence-corrected chi connectivity index (χ1v) is 6.62. The minimum atomic E-state index is -4.44. The van der Waals surface area contributed by atoms with Crippen molar-refractivity contribution in [3.63, 3.8) is 0 Å². The first-order valence-electron chi connectivity index (χ1n) is 5.80. The highest BCUT2D eigenvalue weighted by atomic mass is 35.5. The maximum absolute atomic E-state index is 12.4. The summed E-state index contributed by atoms with van der Waals surface area (Å²) in [6.07, 6.45) is -2.89. The molecule has 0 aromatic carbocycles.